The van der Waals surface area contributed by atoms with Crippen molar-refractivity contribution in [1.29, 1.82) is 0 Å². The average Bonchev–Trinajstić information content (AvgIpc) is 3.20. The Hall–Kier alpha value is -3.63. The molecular weight excluding hydrogens is 290 g/mol. The number of carbonyl (C=O) groups excluding carboxylic acids is 1. The van der Waals surface area contributed by atoms with Gasteiger partial charge in [-0.15, -0.1) is 0 Å². The molecule has 0 bridgehead atoms. The van der Waals surface area contributed by atoms with E-state index in [1.807, 2.05) is 0 Å². The van der Waals surface area contributed by atoms with Crippen molar-refractivity contribution in [3.05, 3.63) is 41.6 Å². The summed E-state index contributed by atoms with van der Waals surface area (Å²) in [6.45, 7) is 0. The zero-order valence-electron chi connectivity index (χ0n) is 11.0. The van der Waals surface area contributed by atoms with Gasteiger partial charge in [0.25, 0.3) is 0 Å². The molecular formula is C11H10N9O2. The number of aromatic amines is 2. The van der Waals surface area contributed by atoms with Crippen LogP contribution in [0.4, 0.5) is 10.6 Å². The Balaban J connectivity index is 0.000000202. The van der Waals surface area contributed by atoms with Gasteiger partial charge in [-0.3, -0.25) is 0 Å². The lowest BCUT2D eigenvalue weighted by Crippen LogP contribution is -2.17. The van der Waals surface area contributed by atoms with Gasteiger partial charge >= 0.3 is 11.7 Å². The number of urea groups is 1. The average molecular weight is 300 g/mol. The molecule has 0 atom stereocenters. The van der Waals surface area contributed by atoms with Crippen molar-refractivity contribution < 1.29 is 4.79 Å². The smallest absolute Gasteiger partial charge is 0.344 e. The molecule has 0 unspecified atom stereocenters. The zero-order valence-corrected chi connectivity index (χ0v) is 11.0. The fraction of sp³-hybridized carbons (Fsp3) is 0. The van der Waals surface area contributed by atoms with Gasteiger partial charge in [0, 0.05) is 24.8 Å². The van der Waals surface area contributed by atoms with Gasteiger partial charge in [-0.2, -0.15) is 9.97 Å². The Morgan fingerprint density at radius 1 is 1.18 bits per heavy atom. The third-order valence-corrected chi connectivity index (χ3v) is 2.63. The Bertz CT molecular complexity index is 894. The normalized spacial score (nSPS) is 12.6. The Kier molecular flexibility index (Phi) is 3.28. The molecule has 11 heteroatoms. The number of aromatic nitrogens is 6. The van der Waals surface area contributed by atoms with Gasteiger partial charge in [0.2, 0.25) is 5.95 Å². The Morgan fingerprint density at radius 2 is 2.05 bits per heavy atom. The predicted molar refractivity (Wildman–Crippen MR) is 75.8 cm³/mol. The monoisotopic (exact) mass is 300 g/mol. The van der Waals surface area contributed by atoms with Crippen LogP contribution in [0.25, 0.3) is 17.1 Å². The number of fused-ring (bicyclic) bond motifs is 1. The second-order valence-corrected chi connectivity index (χ2v) is 4.04. The van der Waals surface area contributed by atoms with E-state index in [0.717, 1.165) is 0 Å². The van der Waals surface area contributed by atoms with E-state index in [1.165, 1.54) is 35.7 Å². The number of anilines is 1. The minimum atomic E-state index is -0.321. The summed E-state index contributed by atoms with van der Waals surface area (Å²) in [7, 11) is 0. The van der Waals surface area contributed by atoms with Crippen molar-refractivity contribution in [2.24, 2.45) is 0 Å². The maximum Gasteiger partial charge on any atom is 0.344 e. The lowest BCUT2D eigenvalue weighted by molar-refractivity contribution is 0.248. The lowest BCUT2D eigenvalue weighted by Gasteiger charge is -2.00. The molecule has 0 saturated heterocycles. The molecule has 0 aliphatic carbocycles. The highest BCUT2D eigenvalue weighted by Gasteiger charge is 2.09. The summed E-state index contributed by atoms with van der Waals surface area (Å²) in [5.74, 6) is 0.440. The van der Waals surface area contributed by atoms with E-state index in [4.69, 9.17) is 5.73 Å². The van der Waals surface area contributed by atoms with Crippen LogP contribution in [0, 0.1) is 0 Å². The number of nitrogens with zero attached hydrogens (tertiary/aromatic N) is 5. The van der Waals surface area contributed by atoms with Crippen LogP contribution in [-0.2, 0) is 0 Å². The first kappa shape index (κ1) is 13.4. The van der Waals surface area contributed by atoms with Crippen molar-refractivity contribution in [3.8, 4) is 5.95 Å². The molecule has 3 aromatic heterocycles. The molecule has 1 radical (unpaired) electrons. The van der Waals surface area contributed by atoms with Gasteiger partial charge in [0.05, 0.1) is 6.33 Å². The van der Waals surface area contributed by atoms with E-state index in [0.29, 0.717) is 11.2 Å². The fourth-order valence-electron chi connectivity index (χ4n) is 1.68. The van der Waals surface area contributed by atoms with Gasteiger partial charge < -0.3 is 21.0 Å². The molecule has 22 heavy (non-hydrogen) atoms. The van der Waals surface area contributed by atoms with Crippen LogP contribution in [0.3, 0.4) is 0 Å². The number of H-pyrrole nitrogens is 2. The molecule has 0 saturated carbocycles. The summed E-state index contributed by atoms with van der Waals surface area (Å²) in [4.78, 5) is 38.7. The molecule has 1 aliphatic rings. The van der Waals surface area contributed by atoms with Crippen LogP contribution in [0.15, 0.2) is 35.9 Å². The Labute approximate surface area is 122 Å². The summed E-state index contributed by atoms with van der Waals surface area (Å²) < 4.78 is 1.26. The first-order chi connectivity index (χ1) is 10.6. The van der Waals surface area contributed by atoms with Crippen molar-refractivity contribution in [2.75, 3.05) is 5.73 Å². The van der Waals surface area contributed by atoms with E-state index in [1.54, 1.807) is 0 Å². The molecule has 3 aromatic rings. The van der Waals surface area contributed by atoms with Crippen LogP contribution in [-0.4, -0.2) is 35.5 Å². The largest absolute Gasteiger partial charge is 0.382 e. The fourth-order valence-corrected chi connectivity index (χ4v) is 1.68. The molecule has 4 heterocycles. The molecule has 0 fully saturated rings. The van der Waals surface area contributed by atoms with E-state index in [-0.39, 0.29) is 23.5 Å². The van der Waals surface area contributed by atoms with E-state index in [2.05, 4.69) is 35.6 Å². The van der Waals surface area contributed by atoms with Gasteiger partial charge in [-0.1, -0.05) is 0 Å². The summed E-state index contributed by atoms with van der Waals surface area (Å²) >= 11 is 0. The lowest BCUT2D eigenvalue weighted by atomic mass is 10.5. The number of nitrogen functional groups attached to an aromatic ring is 1. The number of rotatable bonds is 1. The van der Waals surface area contributed by atoms with Gasteiger partial charge in [0.1, 0.15) is 5.52 Å². The molecule has 111 valence electrons. The Morgan fingerprint density at radius 3 is 2.64 bits per heavy atom. The van der Waals surface area contributed by atoms with Crippen molar-refractivity contribution in [3.63, 3.8) is 0 Å². The molecule has 1 aliphatic heterocycles. The number of hydrogen-bond donors (Lipinski definition) is 4. The van der Waals surface area contributed by atoms with Crippen molar-refractivity contribution in [2.45, 2.75) is 0 Å². The number of carbonyl (C=O) groups is 1. The number of amides is 2. The molecule has 5 N–H and O–H groups in total. The minimum Gasteiger partial charge on any atom is -0.382 e. The highest BCUT2D eigenvalue weighted by Crippen LogP contribution is 2.13. The first-order valence-corrected chi connectivity index (χ1v) is 6.04. The highest BCUT2D eigenvalue weighted by atomic mass is 16.2. The maximum atomic E-state index is 11.4. The van der Waals surface area contributed by atoms with Crippen LogP contribution in [0.2, 0.25) is 0 Å². The molecule has 11 nitrogen and oxygen atoms in total. The van der Waals surface area contributed by atoms with Crippen molar-refractivity contribution >= 4 is 23.0 Å². The third kappa shape index (κ3) is 2.49. The van der Waals surface area contributed by atoms with Gasteiger partial charge in [-0.25, -0.2) is 24.5 Å². The topological polar surface area (TPSA) is 161 Å². The van der Waals surface area contributed by atoms with E-state index in [9.17, 15) is 9.59 Å². The minimum absolute atomic E-state index is 0.209. The second-order valence-electron chi connectivity index (χ2n) is 4.04. The standard InChI is InChI=1S/C8H7N7O.C3H3N2O/c9-5-4-6(12-3-11-4)14-7(13-5)15-2-1-10-8(15)16;6-3-4-1-2-5-3/h1-3H,(H,10,16)(H3,9,11,12,13,14);1-2H,(H,4,6). The highest BCUT2D eigenvalue weighted by molar-refractivity contribution is 5.81. The number of nitrogens with one attached hydrogen (secondary N) is 3. The summed E-state index contributed by atoms with van der Waals surface area (Å²) in [6.07, 6.45) is 7.41. The predicted octanol–water partition coefficient (Wildman–Crippen LogP) is -0.801. The number of imidazole rings is 2. The van der Waals surface area contributed by atoms with E-state index < -0.39 is 0 Å². The third-order valence-electron chi connectivity index (χ3n) is 2.63. The summed E-state index contributed by atoms with van der Waals surface area (Å²) in [5.41, 5.74) is 6.37. The van der Waals surface area contributed by atoms with Crippen LogP contribution in [0.5, 0.6) is 0 Å². The van der Waals surface area contributed by atoms with Gasteiger partial charge in [-0.05, 0) is 0 Å². The first-order valence-electron chi connectivity index (χ1n) is 6.04. The summed E-state index contributed by atoms with van der Waals surface area (Å²) in [5, 5.41) is 5.64. The van der Waals surface area contributed by atoms with E-state index >= 15 is 0 Å². The van der Waals surface area contributed by atoms with Crippen LogP contribution in [0.1, 0.15) is 0 Å². The molecule has 2 amide bonds. The van der Waals surface area contributed by atoms with Crippen LogP contribution >= 0.6 is 0 Å². The maximum absolute atomic E-state index is 11.4. The molecule has 4 rings (SSSR count). The summed E-state index contributed by atoms with van der Waals surface area (Å²) in [6, 6.07) is -0.282. The zero-order chi connectivity index (χ0) is 15.5. The molecule has 0 spiro atoms. The molecule has 0 aromatic carbocycles. The second kappa shape index (κ2) is 5.40. The quantitative estimate of drug-likeness (QED) is 0.460. The van der Waals surface area contributed by atoms with Crippen molar-refractivity contribution in [1.82, 2.24) is 40.1 Å². The number of hydrogen-bond acceptors (Lipinski definition) is 6. The van der Waals surface area contributed by atoms with Gasteiger partial charge in [0.15, 0.2) is 11.5 Å². The van der Waals surface area contributed by atoms with Crippen LogP contribution < -0.4 is 22.1 Å². The SMILES string of the molecule is Nc1nc(-n2cc[nH]c2=O)nc2[nH]cnc12.O=C1[N]C=CN1. The number of nitrogens with two attached hydrogens (primary N) is 1.